The smallest absolute Gasteiger partial charge is 0.303 e. The molecule has 1 saturated heterocycles. The molecule has 57 heavy (non-hydrogen) atoms. The maximum Gasteiger partial charge on any atom is 0.303 e. The molecule has 0 aliphatic carbocycles. The van der Waals surface area contributed by atoms with E-state index in [9.17, 15) is 44.0 Å². The molecule has 2 aromatic rings. The summed E-state index contributed by atoms with van der Waals surface area (Å²) in [5.74, 6) is -5.02. The van der Waals surface area contributed by atoms with Gasteiger partial charge in [0.15, 0.2) is 5.96 Å². The van der Waals surface area contributed by atoms with Gasteiger partial charge < -0.3 is 42.7 Å². The summed E-state index contributed by atoms with van der Waals surface area (Å²) >= 11 is 0. The zero-order valence-corrected chi connectivity index (χ0v) is 32.5. The van der Waals surface area contributed by atoms with Gasteiger partial charge >= 0.3 is 5.97 Å². The summed E-state index contributed by atoms with van der Waals surface area (Å²) < 4.78 is 0. The number of carboxylic acid groups (broad SMARTS) is 1. The van der Waals surface area contributed by atoms with E-state index in [1.165, 1.54) is 29.2 Å². The van der Waals surface area contributed by atoms with Crippen LogP contribution in [0.4, 0.5) is 11.4 Å². The highest BCUT2D eigenvalue weighted by Gasteiger charge is 2.38. The fraction of sp³-hybridized carbons (Fsp3) is 0.500. The molecule has 5 amide bonds. The van der Waals surface area contributed by atoms with E-state index < -0.39 is 77.7 Å². The minimum Gasteiger partial charge on any atom is -0.481 e. The SMILES string of the molecule is CC[C@H](C)[C@H](NC(=O)c1ccccc1)C(=O)N[C@@H](CCC(=O)O)C(=O)NCC(=O)N(C1CCCCN1C)[C@@H](CCCN=C(N)N)C(=O)Nc1ccc([N+](=O)[O-])cc1. The Morgan fingerprint density at radius 1 is 0.982 bits per heavy atom. The minimum absolute atomic E-state index is 0.0998. The molecule has 5 atom stereocenters. The van der Waals surface area contributed by atoms with E-state index in [0.717, 1.165) is 12.8 Å². The number of non-ortho nitro benzene ring substituents is 1. The van der Waals surface area contributed by atoms with Gasteiger partial charge in [0, 0.05) is 36.3 Å². The number of piperidine rings is 1. The topological polar surface area (TPSA) is 285 Å². The number of hydrogen-bond acceptors (Lipinski definition) is 10. The Morgan fingerprint density at radius 2 is 1.67 bits per heavy atom. The number of anilines is 1. The fourth-order valence-corrected chi connectivity index (χ4v) is 6.43. The van der Waals surface area contributed by atoms with Crippen molar-refractivity contribution in [3.8, 4) is 0 Å². The summed E-state index contributed by atoms with van der Waals surface area (Å²) in [7, 11) is 1.81. The molecule has 1 heterocycles. The van der Waals surface area contributed by atoms with Crippen LogP contribution >= 0.6 is 0 Å². The fourth-order valence-electron chi connectivity index (χ4n) is 6.43. The summed E-state index contributed by atoms with van der Waals surface area (Å²) in [6.07, 6.45) is 1.61. The second-order valence-corrected chi connectivity index (χ2v) is 13.9. The Labute approximate surface area is 331 Å². The molecular formula is C38H54N10O9. The van der Waals surface area contributed by atoms with Gasteiger partial charge in [-0.15, -0.1) is 0 Å². The molecule has 19 heteroatoms. The highest BCUT2D eigenvalue weighted by atomic mass is 16.6. The molecule has 310 valence electrons. The summed E-state index contributed by atoms with van der Waals surface area (Å²) in [6.45, 7) is 3.74. The molecule has 1 aliphatic heterocycles. The molecule has 3 rings (SSSR count). The first-order valence-corrected chi connectivity index (χ1v) is 18.9. The molecule has 2 aromatic carbocycles. The predicted molar refractivity (Wildman–Crippen MR) is 212 cm³/mol. The molecule has 0 radical (unpaired) electrons. The number of rotatable bonds is 21. The van der Waals surface area contributed by atoms with Crippen molar-refractivity contribution < 1.29 is 38.8 Å². The highest BCUT2D eigenvalue weighted by Crippen LogP contribution is 2.25. The first-order valence-electron chi connectivity index (χ1n) is 18.9. The Bertz CT molecular complexity index is 1740. The number of amides is 5. The number of nitrogens with one attached hydrogen (secondary N) is 4. The van der Waals surface area contributed by atoms with Gasteiger partial charge in [-0.2, -0.15) is 0 Å². The largest absolute Gasteiger partial charge is 0.481 e. The number of nitro benzene ring substituents is 1. The second kappa shape index (κ2) is 22.4. The van der Waals surface area contributed by atoms with Crippen molar-refractivity contribution >= 4 is 52.8 Å². The molecule has 0 bridgehead atoms. The standard InChI is InChI=1S/C38H54N10O9/c1-4-24(2)33(45-34(52)25-11-6-5-7-12-25)37(55)44-28(19-20-32(50)51)35(53)42-23-31(49)47(30-14-8-9-22-46(30)3)29(13-10-21-41-38(39)40)36(54)43-26-15-17-27(18-16-26)48(56)57/h5-7,11-12,15-18,24,28-30,33H,4,8-10,13-14,19-23H2,1-3H3,(H,42,53)(H,43,54)(H,44,55)(H,45,52)(H,50,51)(H4,39,40,41)/t24-,28-,29-,30?,33-/m0/s1. The summed E-state index contributed by atoms with van der Waals surface area (Å²) in [5.41, 5.74) is 11.4. The Kier molecular flexibility index (Phi) is 17.8. The van der Waals surface area contributed by atoms with Crippen LogP contribution in [0, 0.1) is 16.0 Å². The lowest BCUT2D eigenvalue weighted by atomic mass is 9.97. The number of aliphatic carboxylic acids is 1. The normalized spacial score (nSPS) is 16.1. The maximum absolute atomic E-state index is 14.3. The number of nitrogens with two attached hydrogens (primary N) is 2. The Hall–Kier alpha value is -6.11. The van der Waals surface area contributed by atoms with Crippen LogP contribution in [0.3, 0.4) is 0 Å². The number of nitro groups is 1. The summed E-state index contributed by atoms with van der Waals surface area (Å²) in [4.78, 5) is 98.2. The van der Waals surface area contributed by atoms with Crippen LogP contribution in [0.25, 0.3) is 0 Å². The molecule has 1 aliphatic rings. The molecular weight excluding hydrogens is 740 g/mol. The number of guanidine groups is 1. The number of likely N-dealkylation sites (tertiary alicyclic amines) is 1. The number of carbonyl (C=O) groups excluding carboxylic acids is 5. The number of carbonyl (C=O) groups is 6. The van der Waals surface area contributed by atoms with Gasteiger partial charge in [0.1, 0.15) is 18.1 Å². The number of benzene rings is 2. The third-order valence-electron chi connectivity index (χ3n) is 9.77. The number of hydrogen-bond donors (Lipinski definition) is 7. The molecule has 0 spiro atoms. The number of nitrogens with zero attached hydrogens (tertiary/aromatic N) is 4. The van der Waals surface area contributed by atoms with Crippen LogP contribution in [0.2, 0.25) is 0 Å². The van der Waals surface area contributed by atoms with Crippen molar-refractivity contribution in [2.24, 2.45) is 22.4 Å². The summed E-state index contributed by atoms with van der Waals surface area (Å²) in [5, 5.41) is 31.2. The van der Waals surface area contributed by atoms with Crippen molar-refractivity contribution in [3.05, 3.63) is 70.3 Å². The van der Waals surface area contributed by atoms with Gasteiger partial charge in [0.25, 0.3) is 11.6 Å². The maximum atomic E-state index is 14.3. The highest BCUT2D eigenvalue weighted by molar-refractivity contribution is 6.00. The lowest BCUT2D eigenvalue weighted by Gasteiger charge is -2.44. The van der Waals surface area contributed by atoms with Crippen LogP contribution < -0.4 is 32.7 Å². The van der Waals surface area contributed by atoms with Crippen LogP contribution in [-0.4, -0.2) is 112 Å². The Balaban J connectivity index is 1.88. The van der Waals surface area contributed by atoms with E-state index in [1.54, 1.807) is 37.3 Å². The van der Waals surface area contributed by atoms with Crippen LogP contribution in [0.5, 0.6) is 0 Å². The van der Waals surface area contributed by atoms with E-state index in [-0.39, 0.29) is 49.1 Å². The van der Waals surface area contributed by atoms with Crippen molar-refractivity contribution in [1.29, 1.82) is 0 Å². The van der Waals surface area contributed by atoms with Crippen molar-refractivity contribution in [1.82, 2.24) is 25.8 Å². The zero-order chi connectivity index (χ0) is 42.1. The number of carboxylic acids is 1. The number of aliphatic imine (C=N–C) groups is 1. The molecule has 19 nitrogen and oxygen atoms in total. The lowest BCUT2D eigenvalue weighted by Crippen LogP contribution is -2.61. The van der Waals surface area contributed by atoms with Gasteiger partial charge in [0.2, 0.25) is 23.6 Å². The predicted octanol–water partition coefficient (Wildman–Crippen LogP) is 1.54. The second-order valence-electron chi connectivity index (χ2n) is 13.9. The average molecular weight is 795 g/mol. The molecule has 1 unspecified atom stereocenters. The van der Waals surface area contributed by atoms with E-state index in [1.807, 2.05) is 18.9 Å². The van der Waals surface area contributed by atoms with Gasteiger partial charge in [-0.3, -0.25) is 48.8 Å². The van der Waals surface area contributed by atoms with Crippen LogP contribution in [0.15, 0.2) is 59.6 Å². The monoisotopic (exact) mass is 794 g/mol. The van der Waals surface area contributed by atoms with E-state index >= 15 is 0 Å². The lowest BCUT2D eigenvalue weighted by molar-refractivity contribution is -0.384. The van der Waals surface area contributed by atoms with E-state index in [2.05, 4.69) is 26.3 Å². The first-order chi connectivity index (χ1) is 27.1. The van der Waals surface area contributed by atoms with Crippen molar-refractivity contribution in [3.63, 3.8) is 0 Å². The quantitative estimate of drug-likeness (QED) is 0.0312. The van der Waals surface area contributed by atoms with Crippen molar-refractivity contribution in [2.75, 3.05) is 32.0 Å². The van der Waals surface area contributed by atoms with E-state index in [4.69, 9.17) is 11.5 Å². The third kappa shape index (κ3) is 14.2. The summed E-state index contributed by atoms with van der Waals surface area (Å²) in [6, 6.07) is 9.89. The van der Waals surface area contributed by atoms with Gasteiger partial charge in [-0.25, -0.2) is 0 Å². The van der Waals surface area contributed by atoms with Crippen LogP contribution in [0.1, 0.15) is 75.6 Å². The molecule has 0 saturated carbocycles. The minimum atomic E-state index is -1.40. The third-order valence-corrected chi connectivity index (χ3v) is 9.77. The van der Waals surface area contributed by atoms with Crippen molar-refractivity contribution in [2.45, 2.75) is 89.5 Å². The van der Waals surface area contributed by atoms with Gasteiger partial charge in [-0.1, -0.05) is 38.5 Å². The van der Waals surface area contributed by atoms with Gasteiger partial charge in [0.05, 0.1) is 17.6 Å². The average Bonchev–Trinajstić information content (AvgIpc) is 3.18. The first kappa shape index (κ1) is 45.3. The molecule has 0 aromatic heterocycles. The van der Waals surface area contributed by atoms with Crippen LogP contribution in [-0.2, 0) is 24.0 Å². The van der Waals surface area contributed by atoms with E-state index in [0.29, 0.717) is 24.9 Å². The molecule has 1 fully saturated rings. The van der Waals surface area contributed by atoms with Gasteiger partial charge in [-0.05, 0) is 82.3 Å². The molecule has 9 N–H and O–H groups in total. The Morgan fingerprint density at radius 3 is 2.26 bits per heavy atom. The zero-order valence-electron chi connectivity index (χ0n) is 32.5.